The number of amides is 1. The molecule has 0 radical (unpaired) electrons. The third-order valence-corrected chi connectivity index (χ3v) is 4.92. The molecule has 7 nitrogen and oxygen atoms in total. The minimum Gasteiger partial charge on any atom is -0.344 e. The van der Waals surface area contributed by atoms with Crippen molar-refractivity contribution in [1.82, 2.24) is 30.0 Å². The van der Waals surface area contributed by atoms with Crippen molar-refractivity contribution in [2.24, 2.45) is 13.0 Å². The maximum atomic E-state index is 13.2. The number of likely N-dealkylation sites (N-methyl/N-ethyl adjacent to an activating group) is 2. The molecule has 2 rings (SSSR count). The number of aromatic nitrogens is 4. The van der Waals surface area contributed by atoms with Crippen molar-refractivity contribution >= 4 is 5.91 Å². The zero-order valence-electron chi connectivity index (χ0n) is 14.7. The molecule has 1 atom stereocenters. The lowest BCUT2D eigenvalue weighted by Gasteiger charge is -2.31. The summed E-state index contributed by atoms with van der Waals surface area (Å²) in [4.78, 5) is 16.1. The van der Waals surface area contributed by atoms with Gasteiger partial charge < -0.3 is 4.90 Å². The molecule has 24 heavy (non-hydrogen) atoms. The van der Waals surface area contributed by atoms with Crippen molar-refractivity contribution in [1.29, 1.82) is 0 Å². The third-order valence-electron chi connectivity index (χ3n) is 4.92. The third kappa shape index (κ3) is 4.46. The molecule has 136 valence electrons. The van der Waals surface area contributed by atoms with E-state index in [-0.39, 0.29) is 43.6 Å². The smallest absolute Gasteiger partial charge is 0.248 e. The molecule has 1 saturated carbocycles. The number of halogens is 2. The van der Waals surface area contributed by atoms with Crippen LogP contribution in [0.5, 0.6) is 0 Å². The molecule has 1 fully saturated rings. The van der Waals surface area contributed by atoms with Crippen LogP contribution in [0.2, 0.25) is 0 Å². The molecule has 0 bridgehead atoms. The van der Waals surface area contributed by atoms with Gasteiger partial charge in [0, 0.05) is 45.9 Å². The van der Waals surface area contributed by atoms with Gasteiger partial charge in [0.25, 0.3) is 0 Å². The number of rotatable bonds is 6. The summed E-state index contributed by atoms with van der Waals surface area (Å²) in [5.74, 6) is -2.16. The van der Waals surface area contributed by atoms with Gasteiger partial charge in [0.1, 0.15) is 0 Å². The molecule has 1 heterocycles. The lowest BCUT2D eigenvalue weighted by Crippen LogP contribution is -2.41. The molecule has 1 aliphatic rings. The minimum atomic E-state index is -2.60. The highest BCUT2D eigenvalue weighted by molar-refractivity contribution is 5.78. The molecule has 0 aromatic carbocycles. The number of nitrogens with zero attached hydrogens (tertiary/aromatic N) is 6. The molecule has 1 unspecified atom stereocenters. The summed E-state index contributed by atoms with van der Waals surface area (Å²) in [5, 5.41) is 11.4. The number of carbonyl (C=O) groups excluding carboxylic acids is 1. The van der Waals surface area contributed by atoms with E-state index in [1.807, 2.05) is 14.0 Å². The summed E-state index contributed by atoms with van der Waals surface area (Å²) < 4.78 is 28.0. The molecule has 1 aliphatic carbocycles. The highest BCUT2D eigenvalue weighted by Gasteiger charge is 2.38. The molecule has 1 aromatic rings. The van der Waals surface area contributed by atoms with Crippen LogP contribution >= 0.6 is 0 Å². The Bertz CT molecular complexity index is 554. The largest absolute Gasteiger partial charge is 0.344 e. The van der Waals surface area contributed by atoms with Gasteiger partial charge >= 0.3 is 0 Å². The van der Waals surface area contributed by atoms with Crippen LogP contribution in [0, 0.1) is 5.92 Å². The molecule has 0 N–H and O–H groups in total. The summed E-state index contributed by atoms with van der Waals surface area (Å²) in [7, 11) is 5.46. The number of alkyl halides is 2. The van der Waals surface area contributed by atoms with Gasteiger partial charge in [-0.2, -0.15) is 0 Å². The van der Waals surface area contributed by atoms with E-state index in [4.69, 9.17) is 0 Å². The Hall–Kier alpha value is -1.64. The van der Waals surface area contributed by atoms with Gasteiger partial charge in [-0.25, -0.2) is 13.5 Å². The second-order valence-electron chi connectivity index (χ2n) is 6.71. The normalized spacial score (nSPS) is 19.5. The van der Waals surface area contributed by atoms with Crippen LogP contribution in [0.15, 0.2) is 0 Å². The van der Waals surface area contributed by atoms with E-state index in [0.717, 1.165) is 5.82 Å². The van der Waals surface area contributed by atoms with Gasteiger partial charge in [0.2, 0.25) is 11.8 Å². The molecule has 0 saturated heterocycles. The summed E-state index contributed by atoms with van der Waals surface area (Å²) in [6.07, 6.45) is 0.167. The Morgan fingerprint density at radius 3 is 2.50 bits per heavy atom. The summed E-state index contributed by atoms with van der Waals surface area (Å²) in [6.45, 7) is 3.19. The SMILES string of the molecule is CC(c1nnnn1C)N(C)CCN(C)C(=O)C1CCC(F)(F)CC1. The van der Waals surface area contributed by atoms with Gasteiger partial charge in [-0.1, -0.05) is 0 Å². The maximum absolute atomic E-state index is 13.2. The van der Waals surface area contributed by atoms with E-state index >= 15 is 0 Å². The Morgan fingerprint density at radius 2 is 1.96 bits per heavy atom. The van der Waals surface area contributed by atoms with Crippen LogP contribution in [0.25, 0.3) is 0 Å². The minimum absolute atomic E-state index is 0.0156. The highest BCUT2D eigenvalue weighted by Crippen LogP contribution is 2.36. The second-order valence-corrected chi connectivity index (χ2v) is 6.71. The first-order valence-electron chi connectivity index (χ1n) is 8.26. The zero-order valence-corrected chi connectivity index (χ0v) is 14.7. The topological polar surface area (TPSA) is 67.2 Å². The quantitative estimate of drug-likeness (QED) is 0.782. The fourth-order valence-electron chi connectivity index (χ4n) is 3.00. The highest BCUT2D eigenvalue weighted by atomic mass is 19.3. The van der Waals surface area contributed by atoms with Crippen molar-refractivity contribution in [3.63, 3.8) is 0 Å². The monoisotopic (exact) mass is 344 g/mol. The second kappa shape index (κ2) is 7.50. The van der Waals surface area contributed by atoms with Crippen molar-refractivity contribution in [2.75, 3.05) is 27.2 Å². The first-order chi connectivity index (χ1) is 11.2. The lowest BCUT2D eigenvalue weighted by molar-refractivity contribution is -0.138. The fraction of sp³-hybridized carbons (Fsp3) is 0.867. The van der Waals surface area contributed by atoms with E-state index in [1.165, 1.54) is 0 Å². The average molecular weight is 344 g/mol. The molecule has 0 spiro atoms. The van der Waals surface area contributed by atoms with Crippen LogP contribution in [0.1, 0.15) is 44.5 Å². The number of tetrazole rings is 1. The van der Waals surface area contributed by atoms with Crippen molar-refractivity contribution < 1.29 is 13.6 Å². The number of carbonyl (C=O) groups is 1. The number of hydrogen-bond donors (Lipinski definition) is 0. The molecular formula is C15H26F2N6O. The first-order valence-corrected chi connectivity index (χ1v) is 8.26. The van der Waals surface area contributed by atoms with E-state index in [9.17, 15) is 13.6 Å². The number of aryl methyl sites for hydroxylation is 1. The standard InChI is InChI=1S/C15H26F2N6O/c1-11(13-18-19-20-23(13)4)21(2)9-10-22(3)14(24)12-5-7-15(16,17)8-6-12/h11-12H,5-10H2,1-4H3. The van der Waals surface area contributed by atoms with Crippen molar-refractivity contribution in [3.05, 3.63) is 5.82 Å². The van der Waals surface area contributed by atoms with Crippen LogP contribution < -0.4 is 0 Å². The lowest BCUT2D eigenvalue weighted by atomic mass is 9.86. The average Bonchev–Trinajstić information content (AvgIpc) is 2.96. The Morgan fingerprint density at radius 1 is 1.33 bits per heavy atom. The molecule has 0 aliphatic heterocycles. The van der Waals surface area contributed by atoms with E-state index in [1.54, 1.807) is 23.7 Å². The van der Waals surface area contributed by atoms with Crippen LogP contribution in [-0.2, 0) is 11.8 Å². The van der Waals surface area contributed by atoms with E-state index in [0.29, 0.717) is 13.1 Å². The first kappa shape index (κ1) is 18.7. The molecule has 1 amide bonds. The van der Waals surface area contributed by atoms with E-state index in [2.05, 4.69) is 20.4 Å². The van der Waals surface area contributed by atoms with Crippen LogP contribution in [0.4, 0.5) is 8.78 Å². The predicted octanol–water partition coefficient (Wildman–Crippen LogP) is 1.49. The summed E-state index contributed by atoms with van der Waals surface area (Å²) in [5.41, 5.74) is 0. The summed E-state index contributed by atoms with van der Waals surface area (Å²) >= 11 is 0. The Kier molecular flexibility index (Phi) is 5.84. The van der Waals surface area contributed by atoms with Gasteiger partial charge in [-0.15, -0.1) is 5.10 Å². The van der Waals surface area contributed by atoms with Gasteiger partial charge in [-0.05, 0) is 37.2 Å². The molecule has 1 aromatic heterocycles. The number of hydrogen-bond acceptors (Lipinski definition) is 5. The maximum Gasteiger partial charge on any atom is 0.248 e. The van der Waals surface area contributed by atoms with Gasteiger partial charge in [-0.3, -0.25) is 9.69 Å². The van der Waals surface area contributed by atoms with Gasteiger partial charge in [0.05, 0.1) is 6.04 Å². The predicted molar refractivity (Wildman–Crippen MR) is 84.4 cm³/mol. The zero-order chi connectivity index (χ0) is 17.9. The van der Waals surface area contributed by atoms with Crippen LogP contribution in [-0.4, -0.2) is 69.0 Å². The van der Waals surface area contributed by atoms with Crippen LogP contribution in [0.3, 0.4) is 0 Å². The molecular weight excluding hydrogens is 318 g/mol. The van der Waals surface area contributed by atoms with E-state index < -0.39 is 5.92 Å². The van der Waals surface area contributed by atoms with Gasteiger partial charge in [0.15, 0.2) is 5.82 Å². The van der Waals surface area contributed by atoms with Crippen molar-refractivity contribution in [3.8, 4) is 0 Å². The Labute approximate surface area is 141 Å². The molecule has 9 heteroatoms. The fourth-order valence-corrected chi connectivity index (χ4v) is 3.00. The Balaban J connectivity index is 1.81. The van der Waals surface area contributed by atoms with Crippen molar-refractivity contribution in [2.45, 2.75) is 44.6 Å². The summed E-state index contributed by atoms with van der Waals surface area (Å²) in [6, 6.07) is 0.0156.